The maximum atomic E-state index is 11.2. The molecular formula is C13H14O2. The summed E-state index contributed by atoms with van der Waals surface area (Å²) < 4.78 is 5.41. The minimum absolute atomic E-state index is 0.00867. The molecule has 1 saturated heterocycles. The molecule has 1 saturated carbocycles. The van der Waals surface area contributed by atoms with Crippen LogP contribution in [0.1, 0.15) is 30.7 Å². The van der Waals surface area contributed by atoms with Gasteiger partial charge < -0.3 is 4.74 Å². The van der Waals surface area contributed by atoms with Crippen LogP contribution in [0.2, 0.25) is 0 Å². The van der Waals surface area contributed by atoms with Gasteiger partial charge in [-0.3, -0.25) is 4.79 Å². The van der Waals surface area contributed by atoms with Crippen molar-refractivity contribution in [2.75, 3.05) is 0 Å². The summed E-state index contributed by atoms with van der Waals surface area (Å²) in [7, 11) is 0. The van der Waals surface area contributed by atoms with E-state index in [1.165, 1.54) is 5.56 Å². The molecule has 2 heteroatoms. The Morgan fingerprint density at radius 2 is 1.93 bits per heavy atom. The van der Waals surface area contributed by atoms with Crippen molar-refractivity contribution in [3.8, 4) is 0 Å². The Kier molecular flexibility index (Phi) is 2.01. The summed E-state index contributed by atoms with van der Waals surface area (Å²) in [6.45, 7) is 0. The van der Waals surface area contributed by atoms with E-state index in [-0.39, 0.29) is 12.1 Å². The van der Waals surface area contributed by atoms with E-state index < -0.39 is 0 Å². The highest BCUT2D eigenvalue weighted by atomic mass is 16.6. The first-order valence-corrected chi connectivity index (χ1v) is 5.59. The number of fused-ring (bicyclic) bond motifs is 1. The number of rotatable bonds is 1. The number of ether oxygens (including phenoxy) is 1. The first-order valence-electron chi connectivity index (χ1n) is 5.59. The van der Waals surface area contributed by atoms with E-state index in [1.807, 2.05) is 6.07 Å². The van der Waals surface area contributed by atoms with E-state index in [0.717, 1.165) is 12.8 Å². The molecule has 0 unspecified atom stereocenters. The Labute approximate surface area is 89.2 Å². The quantitative estimate of drug-likeness (QED) is 0.654. The lowest BCUT2D eigenvalue weighted by Crippen LogP contribution is -2.17. The van der Waals surface area contributed by atoms with Crippen LogP contribution in [0.4, 0.5) is 0 Å². The molecule has 1 aliphatic carbocycles. The van der Waals surface area contributed by atoms with Gasteiger partial charge in [-0.2, -0.15) is 0 Å². The lowest BCUT2D eigenvalue weighted by atomic mass is 9.94. The van der Waals surface area contributed by atoms with E-state index in [4.69, 9.17) is 4.74 Å². The number of hydrogen-bond acceptors (Lipinski definition) is 2. The number of carbonyl (C=O) groups excluding carboxylic acids is 1. The van der Waals surface area contributed by atoms with Crippen molar-refractivity contribution in [2.24, 2.45) is 5.92 Å². The summed E-state index contributed by atoms with van der Waals surface area (Å²) >= 11 is 0. The largest absolute Gasteiger partial charge is 0.461 e. The van der Waals surface area contributed by atoms with Crippen LogP contribution in [-0.2, 0) is 9.53 Å². The molecule has 0 amide bonds. The Balaban J connectivity index is 1.87. The van der Waals surface area contributed by atoms with E-state index in [0.29, 0.717) is 18.3 Å². The fourth-order valence-corrected chi connectivity index (χ4v) is 2.92. The van der Waals surface area contributed by atoms with Crippen LogP contribution in [-0.4, -0.2) is 12.1 Å². The van der Waals surface area contributed by atoms with Gasteiger partial charge in [0.2, 0.25) is 0 Å². The first-order chi connectivity index (χ1) is 7.34. The number of carbonyl (C=O) groups is 1. The number of benzene rings is 1. The molecule has 15 heavy (non-hydrogen) atoms. The van der Waals surface area contributed by atoms with E-state index in [9.17, 15) is 4.79 Å². The zero-order chi connectivity index (χ0) is 10.3. The van der Waals surface area contributed by atoms with Crippen LogP contribution in [0.3, 0.4) is 0 Å². The summed E-state index contributed by atoms with van der Waals surface area (Å²) in [4.78, 5) is 11.2. The summed E-state index contributed by atoms with van der Waals surface area (Å²) in [5.41, 5.74) is 1.32. The fraction of sp³-hybridized carbons (Fsp3) is 0.462. The average Bonchev–Trinajstić information content (AvgIpc) is 2.77. The molecule has 1 aliphatic heterocycles. The second-order valence-electron chi connectivity index (χ2n) is 4.51. The lowest BCUT2D eigenvalue weighted by Gasteiger charge is -2.17. The lowest BCUT2D eigenvalue weighted by molar-refractivity contribution is -0.142. The molecular weight excluding hydrogens is 188 g/mol. The van der Waals surface area contributed by atoms with Gasteiger partial charge in [0.15, 0.2) is 0 Å². The van der Waals surface area contributed by atoms with Crippen LogP contribution in [0.25, 0.3) is 0 Å². The molecule has 1 aromatic rings. The topological polar surface area (TPSA) is 26.3 Å². The molecule has 1 heterocycles. The van der Waals surface area contributed by atoms with Gasteiger partial charge in [-0.1, -0.05) is 30.3 Å². The van der Waals surface area contributed by atoms with Gasteiger partial charge >= 0.3 is 5.97 Å². The highest BCUT2D eigenvalue weighted by molar-refractivity contribution is 5.72. The highest BCUT2D eigenvalue weighted by Crippen LogP contribution is 2.45. The summed E-state index contributed by atoms with van der Waals surface area (Å²) in [6, 6.07) is 10.4. The molecule has 2 fully saturated rings. The van der Waals surface area contributed by atoms with Gasteiger partial charge in [0, 0.05) is 11.8 Å². The normalized spacial score (nSPS) is 33.9. The second-order valence-corrected chi connectivity index (χ2v) is 4.51. The molecule has 78 valence electrons. The van der Waals surface area contributed by atoms with Gasteiger partial charge in [0.05, 0.1) is 6.42 Å². The van der Waals surface area contributed by atoms with Crippen LogP contribution in [0, 0.1) is 5.92 Å². The van der Waals surface area contributed by atoms with E-state index >= 15 is 0 Å². The fourth-order valence-electron chi connectivity index (χ4n) is 2.92. The molecule has 1 aromatic carbocycles. The summed E-state index contributed by atoms with van der Waals surface area (Å²) in [6.07, 6.45) is 3.08. The smallest absolute Gasteiger partial charge is 0.306 e. The molecule has 0 radical (unpaired) electrons. The maximum Gasteiger partial charge on any atom is 0.306 e. The summed E-state index contributed by atoms with van der Waals surface area (Å²) in [5, 5.41) is 0. The predicted octanol–water partition coefficient (Wildman–Crippen LogP) is 2.50. The number of esters is 1. The molecule has 0 aromatic heterocycles. The van der Waals surface area contributed by atoms with Crippen LogP contribution in [0.5, 0.6) is 0 Å². The maximum absolute atomic E-state index is 11.2. The second kappa shape index (κ2) is 3.37. The van der Waals surface area contributed by atoms with Crippen LogP contribution >= 0.6 is 0 Å². The third-order valence-corrected chi connectivity index (χ3v) is 3.63. The highest BCUT2D eigenvalue weighted by Gasteiger charge is 2.45. The van der Waals surface area contributed by atoms with Crippen molar-refractivity contribution in [1.82, 2.24) is 0 Å². The Hall–Kier alpha value is -1.31. The zero-order valence-electron chi connectivity index (χ0n) is 8.56. The molecule has 0 spiro atoms. The minimum Gasteiger partial charge on any atom is -0.461 e. The van der Waals surface area contributed by atoms with Gasteiger partial charge in [-0.25, -0.2) is 0 Å². The molecule has 0 N–H and O–H groups in total. The summed E-state index contributed by atoms with van der Waals surface area (Å²) in [5.74, 6) is 0.899. The monoisotopic (exact) mass is 202 g/mol. The van der Waals surface area contributed by atoms with Crippen molar-refractivity contribution < 1.29 is 9.53 Å². The molecule has 2 nitrogen and oxygen atoms in total. The van der Waals surface area contributed by atoms with Crippen LogP contribution in [0.15, 0.2) is 30.3 Å². The minimum atomic E-state index is -0.00867. The molecule has 3 rings (SSSR count). The Morgan fingerprint density at radius 1 is 1.13 bits per heavy atom. The first kappa shape index (κ1) is 8.96. The Morgan fingerprint density at radius 3 is 2.73 bits per heavy atom. The SMILES string of the molecule is O=C1C[C@@H]2CC[C@@H](c3ccccc3)[C@@H]2O1. The van der Waals surface area contributed by atoms with Crippen molar-refractivity contribution in [2.45, 2.75) is 31.3 Å². The molecule has 0 bridgehead atoms. The van der Waals surface area contributed by atoms with Crippen molar-refractivity contribution in [3.63, 3.8) is 0 Å². The van der Waals surface area contributed by atoms with Crippen molar-refractivity contribution in [3.05, 3.63) is 35.9 Å². The van der Waals surface area contributed by atoms with Gasteiger partial charge in [0.1, 0.15) is 6.10 Å². The third-order valence-electron chi connectivity index (χ3n) is 3.63. The van der Waals surface area contributed by atoms with Gasteiger partial charge in [-0.15, -0.1) is 0 Å². The van der Waals surface area contributed by atoms with Crippen LogP contribution < -0.4 is 0 Å². The standard InChI is InChI=1S/C13H14O2/c14-12-8-10-6-7-11(13(10)15-12)9-4-2-1-3-5-9/h1-5,10-11,13H,6-8H2/t10-,11-,13+/m0/s1. The molecule has 2 aliphatic rings. The number of hydrogen-bond donors (Lipinski definition) is 0. The zero-order valence-corrected chi connectivity index (χ0v) is 8.56. The molecule has 3 atom stereocenters. The van der Waals surface area contributed by atoms with Crippen molar-refractivity contribution >= 4 is 5.97 Å². The Bertz CT molecular complexity index is 371. The predicted molar refractivity (Wildman–Crippen MR) is 56.4 cm³/mol. The average molecular weight is 202 g/mol. The van der Waals surface area contributed by atoms with E-state index in [1.54, 1.807) is 0 Å². The van der Waals surface area contributed by atoms with Crippen molar-refractivity contribution in [1.29, 1.82) is 0 Å². The van der Waals surface area contributed by atoms with E-state index in [2.05, 4.69) is 24.3 Å². The van der Waals surface area contributed by atoms with Gasteiger partial charge in [-0.05, 0) is 18.4 Å². The van der Waals surface area contributed by atoms with Gasteiger partial charge in [0.25, 0.3) is 0 Å². The third kappa shape index (κ3) is 1.44.